The summed E-state index contributed by atoms with van der Waals surface area (Å²) in [5.74, 6) is 0. The first-order valence-electron chi connectivity index (χ1n) is 7.17. The maximum atomic E-state index is 5.89. The monoisotopic (exact) mass is 268 g/mol. The van der Waals surface area contributed by atoms with Crippen molar-refractivity contribution in [3.05, 3.63) is 66.0 Å². The second kappa shape index (κ2) is 6.64. The van der Waals surface area contributed by atoms with Gasteiger partial charge in [-0.05, 0) is 23.6 Å². The van der Waals surface area contributed by atoms with E-state index in [-0.39, 0.29) is 0 Å². The molecule has 0 amide bonds. The largest absolute Gasteiger partial charge is 0.375 e. The summed E-state index contributed by atoms with van der Waals surface area (Å²) in [6.45, 7) is 3.77. The predicted molar refractivity (Wildman–Crippen MR) is 79.4 cm³/mol. The molecule has 1 aliphatic rings. The van der Waals surface area contributed by atoms with Crippen molar-refractivity contribution in [1.29, 1.82) is 0 Å². The molecule has 1 aromatic carbocycles. The molecule has 1 saturated heterocycles. The van der Waals surface area contributed by atoms with Gasteiger partial charge in [0.05, 0.1) is 12.7 Å². The zero-order valence-electron chi connectivity index (χ0n) is 11.6. The lowest BCUT2D eigenvalue weighted by Gasteiger charge is -2.33. The Morgan fingerprint density at radius 3 is 2.75 bits per heavy atom. The van der Waals surface area contributed by atoms with Crippen LogP contribution in [0.25, 0.3) is 0 Å². The van der Waals surface area contributed by atoms with Crippen LogP contribution in [0.2, 0.25) is 0 Å². The molecule has 0 bridgehead atoms. The summed E-state index contributed by atoms with van der Waals surface area (Å²) in [7, 11) is 0. The van der Waals surface area contributed by atoms with Gasteiger partial charge in [0.2, 0.25) is 0 Å². The molecule has 1 aromatic heterocycles. The Morgan fingerprint density at radius 1 is 1.10 bits per heavy atom. The normalized spacial score (nSPS) is 19.9. The van der Waals surface area contributed by atoms with Crippen LogP contribution in [0.4, 0.5) is 0 Å². The lowest BCUT2D eigenvalue weighted by Crippen LogP contribution is -2.42. The number of pyridine rings is 1. The third-order valence-electron chi connectivity index (χ3n) is 3.66. The van der Waals surface area contributed by atoms with Gasteiger partial charge in [-0.25, -0.2) is 0 Å². The first-order chi connectivity index (χ1) is 9.90. The Hall–Kier alpha value is -1.71. The van der Waals surface area contributed by atoms with Gasteiger partial charge in [0, 0.05) is 32.0 Å². The fourth-order valence-corrected chi connectivity index (χ4v) is 2.67. The van der Waals surface area contributed by atoms with Crippen LogP contribution in [0, 0.1) is 0 Å². The van der Waals surface area contributed by atoms with Crippen molar-refractivity contribution >= 4 is 0 Å². The molecule has 1 fully saturated rings. The van der Waals surface area contributed by atoms with Crippen molar-refractivity contribution in [2.75, 3.05) is 19.7 Å². The molecule has 0 radical (unpaired) electrons. The average molecular weight is 268 g/mol. The lowest BCUT2D eigenvalue weighted by molar-refractivity contribution is -0.0305. The minimum Gasteiger partial charge on any atom is -0.375 e. The highest BCUT2D eigenvalue weighted by molar-refractivity contribution is 5.16. The molecular formula is C17H20N2O. The smallest absolute Gasteiger partial charge is 0.0743 e. The number of hydrogen-bond donors (Lipinski definition) is 0. The van der Waals surface area contributed by atoms with Crippen LogP contribution in [-0.2, 0) is 17.7 Å². The number of aromatic nitrogens is 1. The molecule has 20 heavy (non-hydrogen) atoms. The minimum absolute atomic E-state index is 0.294. The van der Waals surface area contributed by atoms with Gasteiger partial charge < -0.3 is 4.74 Å². The van der Waals surface area contributed by atoms with Gasteiger partial charge >= 0.3 is 0 Å². The fourth-order valence-electron chi connectivity index (χ4n) is 2.67. The molecule has 104 valence electrons. The van der Waals surface area contributed by atoms with Crippen LogP contribution >= 0.6 is 0 Å². The van der Waals surface area contributed by atoms with E-state index in [1.54, 1.807) is 0 Å². The quantitative estimate of drug-likeness (QED) is 0.852. The van der Waals surface area contributed by atoms with Crippen molar-refractivity contribution in [1.82, 2.24) is 9.88 Å². The molecule has 0 N–H and O–H groups in total. The number of ether oxygens (including phenoxy) is 1. The van der Waals surface area contributed by atoms with Gasteiger partial charge in [0.15, 0.2) is 0 Å². The van der Waals surface area contributed by atoms with E-state index in [0.29, 0.717) is 6.10 Å². The van der Waals surface area contributed by atoms with Crippen LogP contribution in [0.1, 0.15) is 11.1 Å². The van der Waals surface area contributed by atoms with Crippen molar-refractivity contribution in [3.8, 4) is 0 Å². The fraction of sp³-hybridized carbons (Fsp3) is 0.353. The number of nitrogens with zero attached hydrogens (tertiary/aromatic N) is 2. The van der Waals surface area contributed by atoms with Gasteiger partial charge in [-0.2, -0.15) is 0 Å². The van der Waals surface area contributed by atoms with Gasteiger partial charge in [0.1, 0.15) is 0 Å². The van der Waals surface area contributed by atoms with E-state index >= 15 is 0 Å². The van der Waals surface area contributed by atoms with E-state index < -0.39 is 0 Å². The van der Waals surface area contributed by atoms with E-state index in [0.717, 1.165) is 32.7 Å². The molecule has 3 nitrogen and oxygen atoms in total. The van der Waals surface area contributed by atoms with Crippen LogP contribution in [0.3, 0.4) is 0 Å². The van der Waals surface area contributed by atoms with Gasteiger partial charge in [-0.1, -0.05) is 36.4 Å². The molecule has 1 atom stereocenters. The highest BCUT2D eigenvalue weighted by Crippen LogP contribution is 2.13. The SMILES string of the molecule is c1ccc(CC2CN(Cc3cccnc3)CCO2)cc1. The van der Waals surface area contributed by atoms with E-state index in [2.05, 4.69) is 46.3 Å². The summed E-state index contributed by atoms with van der Waals surface area (Å²) in [6.07, 6.45) is 5.05. The van der Waals surface area contributed by atoms with Gasteiger partial charge in [0.25, 0.3) is 0 Å². The molecular weight excluding hydrogens is 248 g/mol. The van der Waals surface area contributed by atoms with Crippen LogP contribution < -0.4 is 0 Å². The van der Waals surface area contributed by atoms with E-state index in [1.165, 1.54) is 11.1 Å². The Bertz CT molecular complexity index is 468. The van der Waals surface area contributed by atoms with Crippen LogP contribution in [-0.4, -0.2) is 35.7 Å². The maximum absolute atomic E-state index is 5.89. The third-order valence-corrected chi connectivity index (χ3v) is 3.66. The molecule has 3 heteroatoms. The van der Waals surface area contributed by atoms with E-state index in [9.17, 15) is 0 Å². The van der Waals surface area contributed by atoms with Crippen LogP contribution in [0.5, 0.6) is 0 Å². The molecule has 0 aliphatic carbocycles. The molecule has 1 aliphatic heterocycles. The first-order valence-corrected chi connectivity index (χ1v) is 7.17. The standard InChI is InChI=1S/C17H20N2O/c1-2-5-15(6-3-1)11-17-14-19(9-10-20-17)13-16-7-4-8-18-12-16/h1-8,12,17H,9-11,13-14H2. The molecule has 3 rings (SSSR count). The van der Waals surface area contributed by atoms with Gasteiger partial charge in [-0.15, -0.1) is 0 Å². The maximum Gasteiger partial charge on any atom is 0.0743 e. The molecule has 2 heterocycles. The van der Waals surface area contributed by atoms with E-state index in [4.69, 9.17) is 4.74 Å². The zero-order valence-corrected chi connectivity index (χ0v) is 11.6. The summed E-state index contributed by atoms with van der Waals surface area (Å²) in [5, 5.41) is 0. The topological polar surface area (TPSA) is 25.4 Å². The summed E-state index contributed by atoms with van der Waals surface area (Å²) >= 11 is 0. The zero-order chi connectivity index (χ0) is 13.6. The number of morpholine rings is 1. The second-order valence-electron chi connectivity index (χ2n) is 5.28. The Balaban J connectivity index is 1.57. The molecule has 1 unspecified atom stereocenters. The highest BCUT2D eigenvalue weighted by Gasteiger charge is 2.20. The summed E-state index contributed by atoms with van der Waals surface area (Å²) in [5.41, 5.74) is 2.62. The lowest BCUT2D eigenvalue weighted by atomic mass is 10.1. The third kappa shape index (κ3) is 3.65. The van der Waals surface area contributed by atoms with Crippen molar-refractivity contribution in [2.24, 2.45) is 0 Å². The van der Waals surface area contributed by atoms with E-state index in [1.807, 2.05) is 18.5 Å². The highest BCUT2D eigenvalue weighted by atomic mass is 16.5. The molecule has 0 saturated carbocycles. The molecule has 2 aromatic rings. The number of rotatable bonds is 4. The summed E-state index contributed by atoms with van der Waals surface area (Å²) in [4.78, 5) is 6.63. The Morgan fingerprint density at radius 2 is 1.95 bits per heavy atom. The van der Waals surface area contributed by atoms with Gasteiger partial charge in [-0.3, -0.25) is 9.88 Å². The van der Waals surface area contributed by atoms with Crippen molar-refractivity contribution < 1.29 is 4.74 Å². The van der Waals surface area contributed by atoms with Crippen LogP contribution in [0.15, 0.2) is 54.9 Å². The number of hydrogen-bond acceptors (Lipinski definition) is 3. The molecule has 0 spiro atoms. The first kappa shape index (κ1) is 13.3. The Kier molecular flexibility index (Phi) is 4.41. The second-order valence-corrected chi connectivity index (χ2v) is 5.28. The van der Waals surface area contributed by atoms with Crippen molar-refractivity contribution in [2.45, 2.75) is 19.1 Å². The number of benzene rings is 1. The Labute approximate surface area is 120 Å². The minimum atomic E-state index is 0.294. The summed E-state index contributed by atoms with van der Waals surface area (Å²) < 4.78 is 5.89. The average Bonchev–Trinajstić information content (AvgIpc) is 2.50. The summed E-state index contributed by atoms with van der Waals surface area (Å²) in [6, 6.07) is 14.7. The predicted octanol–water partition coefficient (Wildman–Crippen LogP) is 2.53. The van der Waals surface area contributed by atoms with Crippen molar-refractivity contribution in [3.63, 3.8) is 0 Å².